The van der Waals surface area contributed by atoms with Crippen molar-refractivity contribution in [3.05, 3.63) is 47.7 Å². The molecule has 0 radical (unpaired) electrons. The van der Waals surface area contributed by atoms with Gasteiger partial charge >= 0.3 is 5.97 Å². The molecule has 1 unspecified atom stereocenters. The molecule has 5 rings (SSSR count). The largest absolute Gasteiger partial charge is 0.493 e. The molecule has 150 valence electrons. The Balaban J connectivity index is 1.70. The SMILES string of the molecule is COc1cc2c(cc1OC)[C@@H]1C(OC(C)=O)c3ccc4occc4c3O[C@H]1CO2. The highest BCUT2D eigenvalue weighted by Crippen LogP contribution is 2.53. The van der Waals surface area contributed by atoms with Gasteiger partial charge in [-0.15, -0.1) is 0 Å². The summed E-state index contributed by atoms with van der Waals surface area (Å²) < 4.78 is 34.5. The molecule has 0 saturated heterocycles. The zero-order valence-corrected chi connectivity index (χ0v) is 16.3. The number of fused-ring (bicyclic) bond motifs is 6. The van der Waals surface area contributed by atoms with Gasteiger partial charge in [-0.3, -0.25) is 4.79 Å². The fraction of sp³-hybridized carbons (Fsp3) is 0.318. The Labute approximate surface area is 167 Å². The Kier molecular flexibility index (Phi) is 4.04. The Morgan fingerprint density at radius 2 is 1.86 bits per heavy atom. The van der Waals surface area contributed by atoms with Crippen LogP contribution in [0.2, 0.25) is 0 Å². The van der Waals surface area contributed by atoms with Crippen molar-refractivity contribution in [3.8, 4) is 23.0 Å². The van der Waals surface area contributed by atoms with E-state index in [1.54, 1.807) is 26.5 Å². The van der Waals surface area contributed by atoms with Gasteiger partial charge in [0, 0.05) is 24.1 Å². The summed E-state index contributed by atoms with van der Waals surface area (Å²) in [5, 5.41) is 0.844. The van der Waals surface area contributed by atoms with E-state index in [0.29, 0.717) is 35.2 Å². The highest BCUT2D eigenvalue weighted by Gasteiger charge is 2.46. The van der Waals surface area contributed by atoms with Gasteiger partial charge in [0.15, 0.2) is 11.5 Å². The first kappa shape index (κ1) is 17.7. The zero-order valence-electron chi connectivity index (χ0n) is 16.3. The van der Waals surface area contributed by atoms with Gasteiger partial charge in [0.1, 0.15) is 35.9 Å². The third-order valence-electron chi connectivity index (χ3n) is 5.49. The standard InChI is InChI=1S/C22H20O7/c1-11(23)28-22-13-4-5-15-12(6-7-26-15)21(13)29-19-10-27-16-9-18(25-3)17(24-2)8-14(16)20(19)22/h4-9,19-20,22H,10H2,1-3H3/t19-,20-,22?/m0/s1. The van der Waals surface area contributed by atoms with E-state index in [9.17, 15) is 4.79 Å². The molecule has 0 bridgehead atoms. The smallest absolute Gasteiger partial charge is 0.303 e. The molecular formula is C22H20O7. The molecule has 3 heterocycles. The van der Waals surface area contributed by atoms with Crippen LogP contribution in [0, 0.1) is 0 Å². The number of hydrogen-bond acceptors (Lipinski definition) is 7. The lowest BCUT2D eigenvalue weighted by atomic mass is 9.80. The third-order valence-corrected chi connectivity index (χ3v) is 5.49. The molecule has 2 aliphatic rings. The van der Waals surface area contributed by atoms with Gasteiger partial charge in [0.25, 0.3) is 0 Å². The number of esters is 1. The van der Waals surface area contributed by atoms with E-state index in [1.807, 2.05) is 24.3 Å². The minimum Gasteiger partial charge on any atom is -0.493 e. The molecule has 7 heteroatoms. The summed E-state index contributed by atoms with van der Waals surface area (Å²) >= 11 is 0. The maximum Gasteiger partial charge on any atom is 0.303 e. The van der Waals surface area contributed by atoms with Gasteiger partial charge in [-0.1, -0.05) is 0 Å². The maximum atomic E-state index is 12.0. The van der Waals surface area contributed by atoms with Crippen molar-refractivity contribution >= 4 is 16.9 Å². The van der Waals surface area contributed by atoms with Crippen LogP contribution < -0.4 is 18.9 Å². The molecule has 0 saturated carbocycles. The second-order valence-electron chi connectivity index (χ2n) is 7.08. The van der Waals surface area contributed by atoms with Crippen LogP contribution in [0.15, 0.2) is 41.0 Å². The number of carbonyl (C=O) groups is 1. The van der Waals surface area contributed by atoms with Crippen LogP contribution >= 0.6 is 0 Å². The van der Waals surface area contributed by atoms with Crippen molar-refractivity contribution in [2.24, 2.45) is 0 Å². The van der Waals surface area contributed by atoms with E-state index in [1.165, 1.54) is 6.92 Å². The molecule has 0 amide bonds. The summed E-state index contributed by atoms with van der Waals surface area (Å²) in [4.78, 5) is 12.0. The number of carbonyl (C=O) groups excluding carboxylic acids is 1. The molecule has 7 nitrogen and oxygen atoms in total. The van der Waals surface area contributed by atoms with Gasteiger partial charge in [-0.05, 0) is 24.3 Å². The highest BCUT2D eigenvalue weighted by atomic mass is 16.6. The van der Waals surface area contributed by atoms with Crippen LogP contribution in [0.25, 0.3) is 11.0 Å². The van der Waals surface area contributed by atoms with Gasteiger partial charge in [0.05, 0.1) is 31.8 Å². The van der Waals surface area contributed by atoms with Crippen molar-refractivity contribution < 1.29 is 32.9 Å². The first-order valence-corrected chi connectivity index (χ1v) is 9.33. The predicted octanol–water partition coefficient (Wildman–Crippen LogP) is 3.99. The topological polar surface area (TPSA) is 76.4 Å². The number of methoxy groups -OCH3 is 2. The van der Waals surface area contributed by atoms with Gasteiger partial charge < -0.3 is 28.1 Å². The first-order valence-electron chi connectivity index (χ1n) is 9.33. The molecule has 0 spiro atoms. The molecule has 2 aromatic carbocycles. The minimum absolute atomic E-state index is 0.251. The molecular weight excluding hydrogens is 376 g/mol. The Morgan fingerprint density at radius 3 is 2.62 bits per heavy atom. The van der Waals surface area contributed by atoms with Crippen molar-refractivity contribution in [2.75, 3.05) is 20.8 Å². The fourth-order valence-corrected chi connectivity index (χ4v) is 4.25. The zero-order chi connectivity index (χ0) is 20.1. The molecule has 29 heavy (non-hydrogen) atoms. The average molecular weight is 396 g/mol. The summed E-state index contributed by atoms with van der Waals surface area (Å²) in [5.74, 6) is 1.87. The lowest BCUT2D eigenvalue weighted by molar-refractivity contribution is -0.151. The van der Waals surface area contributed by atoms with E-state index in [0.717, 1.165) is 16.5 Å². The van der Waals surface area contributed by atoms with Gasteiger partial charge in [0.2, 0.25) is 0 Å². The minimum atomic E-state index is -0.527. The molecule has 0 aliphatic carbocycles. The Hall–Kier alpha value is -3.35. The molecule has 3 aromatic rings. The second kappa shape index (κ2) is 6.62. The van der Waals surface area contributed by atoms with Crippen LogP contribution in [-0.2, 0) is 9.53 Å². The van der Waals surface area contributed by atoms with Crippen LogP contribution in [0.4, 0.5) is 0 Å². The first-order chi connectivity index (χ1) is 14.1. The normalized spacial score (nSPS) is 21.8. The highest BCUT2D eigenvalue weighted by molar-refractivity contribution is 5.86. The van der Waals surface area contributed by atoms with Crippen molar-refractivity contribution in [1.82, 2.24) is 0 Å². The third kappa shape index (κ3) is 2.68. The van der Waals surface area contributed by atoms with Crippen LogP contribution in [0.1, 0.15) is 30.1 Å². The van der Waals surface area contributed by atoms with E-state index in [-0.39, 0.29) is 18.0 Å². The van der Waals surface area contributed by atoms with Crippen molar-refractivity contribution in [2.45, 2.75) is 25.0 Å². The quantitative estimate of drug-likeness (QED) is 0.620. The van der Waals surface area contributed by atoms with Crippen LogP contribution in [-0.4, -0.2) is 32.9 Å². The summed E-state index contributed by atoms with van der Waals surface area (Å²) in [6.45, 7) is 1.73. The number of rotatable bonds is 3. The predicted molar refractivity (Wildman–Crippen MR) is 103 cm³/mol. The lowest BCUT2D eigenvalue weighted by Gasteiger charge is -2.42. The number of furan rings is 1. The van der Waals surface area contributed by atoms with Gasteiger partial charge in [-0.25, -0.2) is 0 Å². The van der Waals surface area contributed by atoms with E-state index in [4.69, 9.17) is 28.1 Å². The summed E-state index contributed by atoms with van der Waals surface area (Å²) in [5.41, 5.74) is 2.37. The van der Waals surface area contributed by atoms with Crippen molar-refractivity contribution in [1.29, 1.82) is 0 Å². The van der Waals surface area contributed by atoms with Crippen LogP contribution in [0.3, 0.4) is 0 Å². The molecule has 2 aliphatic heterocycles. The lowest BCUT2D eigenvalue weighted by Crippen LogP contribution is -2.42. The number of benzene rings is 2. The Morgan fingerprint density at radius 1 is 1.07 bits per heavy atom. The summed E-state index contributed by atoms with van der Waals surface area (Å²) in [6.07, 6.45) is 0.754. The summed E-state index contributed by atoms with van der Waals surface area (Å²) in [7, 11) is 3.16. The summed E-state index contributed by atoms with van der Waals surface area (Å²) in [6, 6.07) is 9.27. The number of hydrogen-bond donors (Lipinski definition) is 0. The maximum absolute atomic E-state index is 12.0. The van der Waals surface area contributed by atoms with E-state index < -0.39 is 6.10 Å². The van der Waals surface area contributed by atoms with Crippen molar-refractivity contribution in [3.63, 3.8) is 0 Å². The average Bonchev–Trinajstić information content (AvgIpc) is 3.21. The van der Waals surface area contributed by atoms with Gasteiger partial charge in [-0.2, -0.15) is 0 Å². The van der Waals surface area contributed by atoms with E-state index >= 15 is 0 Å². The van der Waals surface area contributed by atoms with E-state index in [2.05, 4.69) is 0 Å². The Bertz CT molecular complexity index is 1100. The second-order valence-corrected chi connectivity index (χ2v) is 7.08. The molecule has 0 N–H and O–H groups in total. The monoisotopic (exact) mass is 396 g/mol. The molecule has 3 atom stereocenters. The number of ether oxygens (including phenoxy) is 5. The molecule has 0 fully saturated rings. The van der Waals surface area contributed by atoms with Crippen LogP contribution in [0.5, 0.6) is 23.0 Å². The molecule has 1 aromatic heterocycles. The fourth-order valence-electron chi connectivity index (χ4n) is 4.25.